The van der Waals surface area contributed by atoms with Gasteiger partial charge in [0, 0.05) is 5.41 Å². The Kier molecular flexibility index (Phi) is 4.59. The van der Waals surface area contributed by atoms with E-state index in [9.17, 15) is 0 Å². The summed E-state index contributed by atoms with van der Waals surface area (Å²) in [4.78, 5) is 2.41. The molecule has 0 fully saturated rings. The van der Waals surface area contributed by atoms with Crippen LogP contribution in [0.4, 0.5) is 0 Å². The highest BCUT2D eigenvalue weighted by molar-refractivity contribution is 5.90. The molecular weight excluding hydrogens is 292 g/mol. The average molecular weight is 319 g/mol. The van der Waals surface area contributed by atoms with Crippen LogP contribution in [0.5, 0.6) is 0 Å². The van der Waals surface area contributed by atoms with Crippen LogP contribution in [0.25, 0.3) is 10.8 Å². The lowest BCUT2D eigenvalue weighted by Gasteiger charge is -2.54. The van der Waals surface area contributed by atoms with Crippen molar-refractivity contribution in [3.63, 3.8) is 0 Å². The summed E-state index contributed by atoms with van der Waals surface area (Å²) in [7, 11) is 0. The first-order chi connectivity index (χ1) is 9.95. The van der Waals surface area contributed by atoms with Crippen LogP contribution in [0.1, 0.15) is 38.8 Å². The Labute approximate surface area is 140 Å². The second-order valence-electron chi connectivity index (χ2n) is 6.82. The van der Waals surface area contributed by atoms with Crippen LogP contribution in [0, 0.1) is 5.41 Å². The first-order valence-corrected chi connectivity index (χ1v) is 8.00. The molecule has 0 saturated carbocycles. The van der Waals surface area contributed by atoms with Gasteiger partial charge in [0.05, 0.1) is 0 Å². The second-order valence-corrected chi connectivity index (χ2v) is 6.82. The third kappa shape index (κ3) is 2.17. The van der Waals surface area contributed by atoms with Crippen LogP contribution in [-0.2, 0) is 12.1 Å². The van der Waals surface area contributed by atoms with Gasteiger partial charge in [-0.2, -0.15) is 0 Å². The molecule has 22 heavy (non-hydrogen) atoms. The molecule has 2 aromatic carbocycles. The molecule has 3 rings (SSSR count). The van der Waals surface area contributed by atoms with Gasteiger partial charge in [-0.25, -0.2) is 0 Å². The van der Waals surface area contributed by atoms with Gasteiger partial charge in [-0.15, -0.1) is 12.4 Å². The highest BCUT2D eigenvalue weighted by Gasteiger charge is 2.50. The van der Waals surface area contributed by atoms with Crippen LogP contribution >= 0.6 is 12.4 Å². The predicted octanol–water partition coefficient (Wildman–Crippen LogP) is 4.30. The molecule has 0 bridgehead atoms. The van der Waals surface area contributed by atoms with E-state index in [1.807, 2.05) is 0 Å². The lowest BCUT2D eigenvalue weighted by molar-refractivity contribution is -0.0148. The summed E-state index contributed by atoms with van der Waals surface area (Å²) in [5.41, 5.74) is 9.41. The Hall–Kier alpha value is -1.09. The van der Waals surface area contributed by atoms with Crippen molar-refractivity contribution < 1.29 is 0 Å². The maximum atomic E-state index is 7.10. The van der Waals surface area contributed by atoms with Crippen molar-refractivity contribution in [1.29, 1.82) is 0 Å². The molecule has 1 aliphatic rings. The molecule has 1 atom stereocenters. The zero-order chi connectivity index (χ0) is 15.3. The smallest absolute Gasteiger partial charge is 0.101 e. The zero-order valence-corrected chi connectivity index (χ0v) is 14.8. The Morgan fingerprint density at radius 3 is 2.23 bits per heavy atom. The van der Waals surface area contributed by atoms with Crippen LogP contribution in [0.3, 0.4) is 0 Å². The second kappa shape index (κ2) is 5.84. The summed E-state index contributed by atoms with van der Waals surface area (Å²) in [6.07, 6.45) is 1.02. The fourth-order valence-corrected chi connectivity index (χ4v) is 4.18. The molecule has 1 unspecified atom stereocenters. The summed E-state index contributed by atoms with van der Waals surface area (Å²) in [5, 5.41) is 2.68. The van der Waals surface area contributed by atoms with Crippen molar-refractivity contribution in [2.75, 3.05) is 13.1 Å². The van der Waals surface area contributed by atoms with Crippen LogP contribution in [0.2, 0.25) is 0 Å². The van der Waals surface area contributed by atoms with Gasteiger partial charge in [-0.1, -0.05) is 64.1 Å². The van der Waals surface area contributed by atoms with E-state index in [4.69, 9.17) is 5.73 Å². The number of halogens is 1. The molecule has 0 amide bonds. The number of hydrogen-bond acceptors (Lipinski definition) is 2. The minimum atomic E-state index is -0.412. The normalized spacial score (nSPS) is 22.6. The summed E-state index contributed by atoms with van der Waals surface area (Å²) in [6.45, 7) is 11.0. The quantitative estimate of drug-likeness (QED) is 0.855. The monoisotopic (exact) mass is 318 g/mol. The molecule has 0 saturated heterocycles. The molecule has 2 nitrogen and oxygen atoms in total. The topological polar surface area (TPSA) is 29.3 Å². The van der Waals surface area contributed by atoms with Gasteiger partial charge in [0.25, 0.3) is 0 Å². The van der Waals surface area contributed by atoms with Crippen molar-refractivity contribution >= 4 is 23.2 Å². The minimum absolute atomic E-state index is 0. The highest BCUT2D eigenvalue weighted by Crippen LogP contribution is 2.49. The van der Waals surface area contributed by atoms with Crippen molar-refractivity contribution in [3.8, 4) is 0 Å². The predicted molar refractivity (Wildman–Crippen MR) is 97.5 cm³/mol. The van der Waals surface area contributed by atoms with E-state index < -0.39 is 5.66 Å². The van der Waals surface area contributed by atoms with E-state index in [0.29, 0.717) is 0 Å². The SMILES string of the molecule is CCN(CC)C1(N)c2cccc3cccc(c23)CC1(C)C.Cl. The highest BCUT2D eigenvalue weighted by atomic mass is 35.5. The maximum absolute atomic E-state index is 7.10. The number of nitrogens with zero attached hydrogens (tertiary/aromatic N) is 1. The van der Waals surface area contributed by atoms with Gasteiger partial charge >= 0.3 is 0 Å². The third-order valence-electron chi connectivity index (χ3n) is 5.33. The van der Waals surface area contributed by atoms with Gasteiger partial charge in [-0.05, 0) is 41.4 Å². The van der Waals surface area contributed by atoms with E-state index in [1.165, 1.54) is 21.9 Å². The Balaban J connectivity index is 0.00000176. The maximum Gasteiger partial charge on any atom is 0.101 e. The Morgan fingerprint density at radius 2 is 1.64 bits per heavy atom. The van der Waals surface area contributed by atoms with E-state index in [1.54, 1.807) is 0 Å². The summed E-state index contributed by atoms with van der Waals surface area (Å²) in [6, 6.07) is 13.2. The lowest BCUT2D eigenvalue weighted by atomic mass is 9.64. The minimum Gasteiger partial charge on any atom is -0.309 e. The molecule has 120 valence electrons. The van der Waals surface area contributed by atoms with Crippen LogP contribution in [-0.4, -0.2) is 18.0 Å². The molecule has 3 heteroatoms. The van der Waals surface area contributed by atoms with Crippen molar-refractivity contribution in [2.45, 2.75) is 39.8 Å². The fraction of sp³-hybridized carbons (Fsp3) is 0.474. The third-order valence-corrected chi connectivity index (χ3v) is 5.33. The van der Waals surface area contributed by atoms with Crippen LogP contribution in [0.15, 0.2) is 36.4 Å². The number of nitrogens with two attached hydrogens (primary N) is 1. The molecule has 0 radical (unpaired) electrons. The van der Waals surface area contributed by atoms with E-state index in [2.05, 4.69) is 69.0 Å². The van der Waals surface area contributed by atoms with Crippen molar-refractivity contribution in [2.24, 2.45) is 11.1 Å². The zero-order valence-electron chi connectivity index (χ0n) is 14.0. The summed E-state index contributed by atoms with van der Waals surface area (Å²) < 4.78 is 0. The van der Waals surface area contributed by atoms with E-state index in [-0.39, 0.29) is 17.8 Å². The molecule has 0 heterocycles. The first kappa shape index (κ1) is 17.3. The largest absolute Gasteiger partial charge is 0.309 e. The molecule has 2 aromatic rings. The number of benzene rings is 2. The molecule has 2 N–H and O–H groups in total. The van der Waals surface area contributed by atoms with Crippen molar-refractivity contribution in [1.82, 2.24) is 4.90 Å². The Bertz CT molecular complexity index is 671. The Morgan fingerprint density at radius 1 is 1.05 bits per heavy atom. The number of rotatable bonds is 3. The summed E-state index contributed by atoms with van der Waals surface area (Å²) >= 11 is 0. The van der Waals surface area contributed by atoms with Crippen molar-refractivity contribution in [3.05, 3.63) is 47.5 Å². The standard InChI is InChI=1S/C19H26N2.ClH/c1-5-21(6-2)19(20)16-12-8-10-14-9-7-11-15(17(14)16)13-18(19,3)4;/h7-12H,5-6,13,20H2,1-4H3;1H. The van der Waals surface area contributed by atoms with Gasteiger partial charge in [0.15, 0.2) is 0 Å². The van der Waals surface area contributed by atoms with Crippen LogP contribution < -0.4 is 5.73 Å². The summed E-state index contributed by atoms with van der Waals surface area (Å²) in [5.74, 6) is 0. The first-order valence-electron chi connectivity index (χ1n) is 8.00. The van der Waals surface area contributed by atoms with Gasteiger partial charge in [-0.3, -0.25) is 4.90 Å². The van der Waals surface area contributed by atoms with Gasteiger partial charge in [0.2, 0.25) is 0 Å². The fourth-order valence-electron chi connectivity index (χ4n) is 4.18. The van der Waals surface area contributed by atoms with E-state index >= 15 is 0 Å². The lowest BCUT2D eigenvalue weighted by Crippen LogP contribution is -2.63. The molecule has 0 aromatic heterocycles. The van der Waals surface area contributed by atoms with E-state index in [0.717, 1.165) is 19.5 Å². The molecule has 1 aliphatic carbocycles. The molecule has 0 spiro atoms. The molecular formula is C19H27ClN2. The average Bonchev–Trinajstić information content (AvgIpc) is 2.46. The molecule has 0 aliphatic heterocycles. The van der Waals surface area contributed by atoms with Gasteiger partial charge < -0.3 is 5.73 Å². The van der Waals surface area contributed by atoms with Gasteiger partial charge in [0.1, 0.15) is 5.66 Å². The number of hydrogen-bond donors (Lipinski definition) is 1.